The van der Waals surface area contributed by atoms with Crippen LogP contribution in [-0.2, 0) is 6.54 Å². The average molecular weight is 332 g/mol. The molecule has 1 aromatic carbocycles. The van der Waals surface area contributed by atoms with Gasteiger partial charge in [-0.1, -0.05) is 27.5 Å². The minimum atomic E-state index is 0.588. The monoisotopic (exact) mass is 330 g/mol. The Bertz CT molecular complexity index is 539. The van der Waals surface area contributed by atoms with Crippen molar-refractivity contribution in [3.05, 3.63) is 43.3 Å². The van der Waals surface area contributed by atoms with Crippen LogP contribution in [0.2, 0.25) is 4.47 Å². The summed E-state index contributed by atoms with van der Waals surface area (Å²) in [5.41, 5.74) is 3.59. The Labute approximate surface area is 118 Å². The van der Waals surface area contributed by atoms with Gasteiger partial charge in [0.2, 0.25) is 0 Å². The van der Waals surface area contributed by atoms with Crippen molar-refractivity contribution < 1.29 is 0 Å². The van der Waals surface area contributed by atoms with Gasteiger partial charge in [0.1, 0.15) is 0 Å². The summed E-state index contributed by atoms with van der Waals surface area (Å²) in [7, 11) is 0. The second-order valence-corrected chi connectivity index (χ2v) is 6.40. The van der Waals surface area contributed by atoms with Crippen molar-refractivity contribution in [2.24, 2.45) is 0 Å². The van der Waals surface area contributed by atoms with E-state index in [0.29, 0.717) is 4.47 Å². The van der Waals surface area contributed by atoms with E-state index in [2.05, 4.69) is 52.2 Å². The van der Waals surface area contributed by atoms with Gasteiger partial charge in [-0.05, 0) is 37.1 Å². The summed E-state index contributed by atoms with van der Waals surface area (Å²) in [6.45, 7) is 4.93. The number of rotatable bonds is 3. The van der Waals surface area contributed by atoms with Gasteiger partial charge in [-0.25, -0.2) is 4.98 Å². The molecule has 0 unspecified atom stereocenters. The third-order valence-corrected chi connectivity index (χ3v) is 4.45. The van der Waals surface area contributed by atoms with Gasteiger partial charge >= 0.3 is 0 Å². The fourth-order valence-corrected chi connectivity index (χ4v) is 2.89. The van der Waals surface area contributed by atoms with Gasteiger partial charge in [0, 0.05) is 21.2 Å². The van der Waals surface area contributed by atoms with Crippen molar-refractivity contribution in [3.63, 3.8) is 0 Å². The number of aromatic nitrogens is 1. The number of hydrogen-bond acceptors (Lipinski definition) is 3. The molecule has 0 saturated heterocycles. The van der Waals surface area contributed by atoms with Gasteiger partial charge in [-0.2, -0.15) is 0 Å². The Morgan fingerprint density at radius 2 is 2.12 bits per heavy atom. The van der Waals surface area contributed by atoms with E-state index in [0.717, 1.165) is 21.6 Å². The molecule has 2 rings (SSSR count). The Morgan fingerprint density at radius 1 is 1.35 bits per heavy atom. The lowest BCUT2D eigenvalue weighted by molar-refractivity contribution is 1.16. The first-order valence-electron chi connectivity index (χ1n) is 5.17. The molecule has 0 fully saturated rings. The lowest BCUT2D eigenvalue weighted by Crippen LogP contribution is -2.00. The van der Waals surface area contributed by atoms with Crippen molar-refractivity contribution in [1.29, 1.82) is 0 Å². The molecule has 0 aliphatic heterocycles. The van der Waals surface area contributed by atoms with Crippen LogP contribution in [0.4, 0.5) is 5.69 Å². The predicted octanol–water partition coefficient (Wildman–Crippen LogP) is 4.79. The third kappa shape index (κ3) is 3.21. The van der Waals surface area contributed by atoms with E-state index < -0.39 is 0 Å². The zero-order valence-electron chi connectivity index (χ0n) is 9.55. The van der Waals surface area contributed by atoms with E-state index >= 15 is 0 Å². The summed E-state index contributed by atoms with van der Waals surface area (Å²) in [4.78, 5) is 5.15. The molecular weight excluding hydrogens is 320 g/mol. The highest BCUT2D eigenvalue weighted by Gasteiger charge is 2.04. The number of nitrogens with zero attached hydrogens (tertiary/aromatic N) is 1. The molecule has 0 atom stereocenters. The lowest BCUT2D eigenvalue weighted by Gasteiger charge is -2.10. The van der Waals surface area contributed by atoms with Crippen molar-refractivity contribution >= 4 is 44.6 Å². The van der Waals surface area contributed by atoms with Gasteiger partial charge in [0.25, 0.3) is 0 Å². The van der Waals surface area contributed by atoms with Crippen LogP contribution in [0.25, 0.3) is 0 Å². The van der Waals surface area contributed by atoms with Gasteiger partial charge in [-0.15, -0.1) is 11.3 Å². The highest BCUT2D eigenvalue weighted by molar-refractivity contribution is 9.10. The fraction of sp³-hybridized carbons (Fsp3) is 0.250. The summed E-state index contributed by atoms with van der Waals surface area (Å²) in [6, 6.07) is 4.26. The molecule has 0 spiro atoms. The predicted molar refractivity (Wildman–Crippen MR) is 78.1 cm³/mol. The largest absolute Gasteiger partial charge is 0.380 e. The molecule has 1 aromatic heterocycles. The topological polar surface area (TPSA) is 24.9 Å². The molecule has 0 radical (unpaired) electrons. The SMILES string of the molecule is Cc1cc(NCc2cnc(Cl)s2)c(C)cc1Br. The first-order valence-corrected chi connectivity index (χ1v) is 7.16. The Hall–Kier alpha value is -0.580. The summed E-state index contributed by atoms with van der Waals surface area (Å²) >= 11 is 10.8. The molecule has 0 amide bonds. The van der Waals surface area contributed by atoms with Crippen LogP contribution in [0.1, 0.15) is 16.0 Å². The van der Waals surface area contributed by atoms with Crippen LogP contribution < -0.4 is 5.32 Å². The second-order valence-electron chi connectivity index (χ2n) is 3.85. The van der Waals surface area contributed by atoms with Crippen LogP contribution in [0.15, 0.2) is 22.8 Å². The molecule has 2 nitrogen and oxygen atoms in total. The van der Waals surface area contributed by atoms with Gasteiger partial charge < -0.3 is 5.32 Å². The molecule has 90 valence electrons. The number of halogens is 2. The van der Waals surface area contributed by atoms with Crippen LogP contribution in [0.5, 0.6) is 0 Å². The van der Waals surface area contributed by atoms with Crippen molar-refractivity contribution in [1.82, 2.24) is 4.98 Å². The van der Waals surface area contributed by atoms with Crippen LogP contribution in [0, 0.1) is 13.8 Å². The first kappa shape index (κ1) is 12.9. The molecule has 0 aliphatic rings. The third-order valence-electron chi connectivity index (χ3n) is 2.48. The zero-order chi connectivity index (χ0) is 12.4. The molecule has 2 aromatic rings. The van der Waals surface area contributed by atoms with Gasteiger partial charge in [0.15, 0.2) is 4.47 Å². The minimum absolute atomic E-state index is 0.588. The standard InChI is InChI=1S/C12H12BrClN2S/c1-7-4-11(8(2)3-10(7)13)15-5-9-6-16-12(14)17-9/h3-4,6,15H,5H2,1-2H3. The first-order chi connectivity index (χ1) is 8.06. The molecule has 5 heteroatoms. The Balaban J connectivity index is 2.11. The van der Waals surface area contributed by atoms with E-state index in [9.17, 15) is 0 Å². The summed E-state index contributed by atoms with van der Waals surface area (Å²) < 4.78 is 1.73. The molecular formula is C12H12BrClN2S. The maximum atomic E-state index is 5.79. The normalized spacial score (nSPS) is 10.6. The van der Waals surface area contributed by atoms with E-state index in [4.69, 9.17) is 11.6 Å². The van der Waals surface area contributed by atoms with E-state index in [1.807, 2.05) is 0 Å². The maximum Gasteiger partial charge on any atom is 0.183 e. The van der Waals surface area contributed by atoms with Crippen molar-refractivity contribution in [3.8, 4) is 0 Å². The average Bonchev–Trinajstić information content (AvgIpc) is 2.68. The van der Waals surface area contributed by atoms with Gasteiger partial charge in [-0.3, -0.25) is 0 Å². The molecule has 17 heavy (non-hydrogen) atoms. The van der Waals surface area contributed by atoms with E-state index in [-0.39, 0.29) is 0 Å². The van der Waals surface area contributed by atoms with Crippen LogP contribution in [-0.4, -0.2) is 4.98 Å². The summed E-state index contributed by atoms with van der Waals surface area (Å²) in [5, 5.41) is 3.40. The number of benzene rings is 1. The minimum Gasteiger partial charge on any atom is -0.380 e. The Kier molecular flexibility index (Phi) is 4.07. The number of thiazole rings is 1. The second kappa shape index (κ2) is 5.38. The molecule has 1 heterocycles. The van der Waals surface area contributed by atoms with Crippen LogP contribution >= 0.6 is 38.9 Å². The molecule has 1 N–H and O–H groups in total. The smallest absolute Gasteiger partial charge is 0.183 e. The number of aryl methyl sites for hydroxylation is 2. The summed E-state index contributed by atoms with van der Waals surface area (Å²) in [5.74, 6) is 0. The quantitative estimate of drug-likeness (QED) is 0.875. The molecule has 0 bridgehead atoms. The Morgan fingerprint density at radius 3 is 2.76 bits per heavy atom. The highest BCUT2D eigenvalue weighted by atomic mass is 79.9. The van der Waals surface area contributed by atoms with Crippen molar-refractivity contribution in [2.45, 2.75) is 20.4 Å². The van der Waals surface area contributed by atoms with Crippen LogP contribution in [0.3, 0.4) is 0 Å². The lowest BCUT2D eigenvalue weighted by atomic mass is 10.1. The number of nitrogens with one attached hydrogen (secondary N) is 1. The highest BCUT2D eigenvalue weighted by Crippen LogP contribution is 2.26. The number of anilines is 1. The zero-order valence-corrected chi connectivity index (χ0v) is 12.7. The summed E-state index contributed by atoms with van der Waals surface area (Å²) in [6.07, 6.45) is 1.81. The number of hydrogen-bond donors (Lipinski definition) is 1. The molecule has 0 aliphatic carbocycles. The fourth-order valence-electron chi connectivity index (χ4n) is 1.52. The van der Waals surface area contributed by atoms with Crippen molar-refractivity contribution in [2.75, 3.05) is 5.32 Å². The van der Waals surface area contributed by atoms with E-state index in [1.54, 1.807) is 6.20 Å². The van der Waals surface area contributed by atoms with Gasteiger partial charge in [0.05, 0.1) is 6.54 Å². The molecule has 0 saturated carbocycles. The van der Waals surface area contributed by atoms with E-state index in [1.165, 1.54) is 22.5 Å². The maximum absolute atomic E-state index is 5.79.